The van der Waals surface area contributed by atoms with Gasteiger partial charge in [0.2, 0.25) is 0 Å². The molecule has 23 heavy (non-hydrogen) atoms. The zero-order valence-corrected chi connectivity index (χ0v) is 14.3. The molecule has 0 radical (unpaired) electrons. The average molecular weight is 333 g/mol. The van der Waals surface area contributed by atoms with Crippen LogP contribution in [0.3, 0.4) is 0 Å². The van der Waals surface area contributed by atoms with Gasteiger partial charge in [0.25, 0.3) is 5.91 Å². The van der Waals surface area contributed by atoms with Crippen LogP contribution in [0, 0.1) is 0 Å². The summed E-state index contributed by atoms with van der Waals surface area (Å²) in [7, 11) is 0. The van der Waals surface area contributed by atoms with Gasteiger partial charge in [-0.15, -0.1) is 0 Å². The van der Waals surface area contributed by atoms with Gasteiger partial charge in [-0.1, -0.05) is 23.7 Å². The van der Waals surface area contributed by atoms with Crippen molar-refractivity contribution in [2.45, 2.75) is 32.9 Å². The SMILES string of the molecule is CC(O)CN(C(=O)c1cncc(-c2ccc(Cl)cc2)c1)C(C)C. The first-order valence-corrected chi connectivity index (χ1v) is 7.96. The summed E-state index contributed by atoms with van der Waals surface area (Å²) >= 11 is 5.91. The molecule has 1 aromatic heterocycles. The third-order valence-electron chi connectivity index (χ3n) is 3.51. The van der Waals surface area contributed by atoms with Gasteiger partial charge >= 0.3 is 0 Å². The summed E-state index contributed by atoms with van der Waals surface area (Å²) in [5.74, 6) is -0.135. The molecule has 0 fully saturated rings. The number of nitrogens with zero attached hydrogens (tertiary/aromatic N) is 2. The summed E-state index contributed by atoms with van der Waals surface area (Å²) in [6.45, 7) is 5.82. The molecule has 1 atom stereocenters. The van der Waals surface area contributed by atoms with Crippen molar-refractivity contribution in [3.63, 3.8) is 0 Å². The van der Waals surface area contributed by atoms with Gasteiger partial charge in [-0.05, 0) is 44.5 Å². The Balaban J connectivity index is 2.31. The van der Waals surface area contributed by atoms with Crippen molar-refractivity contribution < 1.29 is 9.90 Å². The van der Waals surface area contributed by atoms with Crippen molar-refractivity contribution in [3.8, 4) is 11.1 Å². The number of hydrogen-bond acceptors (Lipinski definition) is 3. The molecular weight excluding hydrogens is 312 g/mol. The topological polar surface area (TPSA) is 53.4 Å². The van der Waals surface area contributed by atoms with E-state index in [1.165, 1.54) is 0 Å². The van der Waals surface area contributed by atoms with Gasteiger partial charge in [0.15, 0.2) is 0 Å². The predicted molar refractivity (Wildman–Crippen MR) is 92.5 cm³/mol. The van der Waals surface area contributed by atoms with E-state index in [-0.39, 0.29) is 11.9 Å². The molecule has 2 aromatic rings. The highest BCUT2D eigenvalue weighted by molar-refractivity contribution is 6.30. The van der Waals surface area contributed by atoms with Gasteiger partial charge in [-0.2, -0.15) is 0 Å². The Morgan fingerprint density at radius 2 is 1.83 bits per heavy atom. The van der Waals surface area contributed by atoms with Crippen LogP contribution < -0.4 is 0 Å². The number of halogens is 1. The van der Waals surface area contributed by atoms with E-state index < -0.39 is 6.10 Å². The Hall–Kier alpha value is -1.91. The standard InChI is InChI=1S/C18H21ClN2O2/c1-12(2)21(11-13(3)22)18(23)16-8-15(9-20-10-16)14-4-6-17(19)7-5-14/h4-10,12-13,22H,11H2,1-3H3. The van der Waals surface area contributed by atoms with E-state index in [4.69, 9.17) is 11.6 Å². The van der Waals surface area contributed by atoms with Crippen LogP contribution in [0.15, 0.2) is 42.7 Å². The van der Waals surface area contributed by atoms with Crippen LogP contribution in [0.1, 0.15) is 31.1 Å². The van der Waals surface area contributed by atoms with E-state index in [2.05, 4.69) is 4.98 Å². The smallest absolute Gasteiger partial charge is 0.255 e. The Morgan fingerprint density at radius 1 is 1.17 bits per heavy atom. The Morgan fingerprint density at radius 3 is 2.39 bits per heavy atom. The van der Waals surface area contributed by atoms with Crippen molar-refractivity contribution in [2.75, 3.05) is 6.54 Å². The zero-order valence-electron chi connectivity index (χ0n) is 13.5. The molecule has 5 heteroatoms. The average Bonchev–Trinajstić information content (AvgIpc) is 2.52. The molecule has 0 bridgehead atoms. The number of hydrogen-bond donors (Lipinski definition) is 1. The number of benzene rings is 1. The van der Waals surface area contributed by atoms with Crippen molar-refractivity contribution in [1.82, 2.24) is 9.88 Å². The third-order valence-corrected chi connectivity index (χ3v) is 3.76. The van der Waals surface area contributed by atoms with Crippen LogP contribution >= 0.6 is 11.6 Å². The number of amides is 1. The maximum absolute atomic E-state index is 12.7. The largest absolute Gasteiger partial charge is 0.392 e. The fourth-order valence-electron chi connectivity index (χ4n) is 2.34. The first-order valence-electron chi connectivity index (χ1n) is 7.58. The van der Waals surface area contributed by atoms with Gasteiger partial charge in [0.05, 0.1) is 11.7 Å². The summed E-state index contributed by atoms with van der Waals surface area (Å²) < 4.78 is 0. The molecule has 0 aliphatic heterocycles. The second-order valence-corrected chi connectivity index (χ2v) is 6.31. The summed E-state index contributed by atoms with van der Waals surface area (Å²) in [5, 5.41) is 10.3. The lowest BCUT2D eigenvalue weighted by atomic mass is 10.1. The normalized spacial score (nSPS) is 12.3. The summed E-state index contributed by atoms with van der Waals surface area (Å²) in [5.41, 5.74) is 2.31. The highest BCUT2D eigenvalue weighted by Gasteiger charge is 2.21. The van der Waals surface area contributed by atoms with E-state index >= 15 is 0 Å². The lowest BCUT2D eigenvalue weighted by molar-refractivity contribution is 0.0578. The maximum atomic E-state index is 12.7. The summed E-state index contributed by atoms with van der Waals surface area (Å²) in [4.78, 5) is 18.5. The van der Waals surface area contributed by atoms with Gasteiger partial charge in [0, 0.05) is 35.6 Å². The maximum Gasteiger partial charge on any atom is 0.255 e. The predicted octanol–water partition coefficient (Wildman–Crippen LogP) is 3.63. The molecule has 122 valence electrons. The van der Waals surface area contributed by atoms with Crippen molar-refractivity contribution in [1.29, 1.82) is 0 Å². The molecule has 0 spiro atoms. The number of aliphatic hydroxyl groups is 1. The molecule has 0 saturated carbocycles. The van der Waals surface area contributed by atoms with Crippen LogP contribution in [0.2, 0.25) is 5.02 Å². The lowest BCUT2D eigenvalue weighted by Gasteiger charge is -2.28. The Labute approximate surface area is 141 Å². The van der Waals surface area contributed by atoms with Crippen molar-refractivity contribution >= 4 is 17.5 Å². The fourth-order valence-corrected chi connectivity index (χ4v) is 2.46. The molecule has 1 unspecified atom stereocenters. The Bertz CT molecular complexity index is 669. The molecule has 1 aromatic carbocycles. The number of rotatable bonds is 5. The summed E-state index contributed by atoms with van der Waals surface area (Å²) in [6.07, 6.45) is 2.70. The van der Waals surface area contributed by atoms with E-state index in [1.54, 1.807) is 36.4 Å². The van der Waals surface area contributed by atoms with E-state index in [0.717, 1.165) is 11.1 Å². The number of carbonyl (C=O) groups is 1. The Kier molecular flexibility index (Phi) is 5.74. The second-order valence-electron chi connectivity index (χ2n) is 5.87. The van der Waals surface area contributed by atoms with Gasteiger partial charge in [0.1, 0.15) is 0 Å². The van der Waals surface area contributed by atoms with Crippen LogP contribution in [-0.4, -0.2) is 39.6 Å². The van der Waals surface area contributed by atoms with E-state index in [9.17, 15) is 9.90 Å². The monoisotopic (exact) mass is 332 g/mol. The molecule has 0 aliphatic carbocycles. The van der Waals surface area contributed by atoms with Gasteiger partial charge < -0.3 is 10.0 Å². The van der Waals surface area contributed by atoms with Crippen LogP contribution in [0.4, 0.5) is 0 Å². The van der Waals surface area contributed by atoms with Crippen LogP contribution in [0.25, 0.3) is 11.1 Å². The first kappa shape index (κ1) is 17.4. The molecule has 4 nitrogen and oxygen atoms in total. The van der Waals surface area contributed by atoms with Crippen LogP contribution in [-0.2, 0) is 0 Å². The fraction of sp³-hybridized carbons (Fsp3) is 0.333. The molecule has 0 saturated heterocycles. The van der Waals surface area contributed by atoms with Crippen molar-refractivity contribution in [2.24, 2.45) is 0 Å². The second kappa shape index (κ2) is 7.57. The molecule has 0 aliphatic rings. The molecule has 1 amide bonds. The first-order chi connectivity index (χ1) is 10.9. The lowest BCUT2D eigenvalue weighted by Crippen LogP contribution is -2.41. The van der Waals surface area contributed by atoms with E-state index in [1.807, 2.05) is 32.0 Å². The highest BCUT2D eigenvalue weighted by Crippen LogP contribution is 2.22. The van der Waals surface area contributed by atoms with Crippen molar-refractivity contribution in [3.05, 3.63) is 53.3 Å². The van der Waals surface area contributed by atoms with Crippen LogP contribution in [0.5, 0.6) is 0 Å². The minimum atomic E-state index is -0.575. The third kappa shape index (κ3) is 4.53. The number of aliphatic hydroxyl groups excluding tert-OH is 1. The number of carbonyl (C=O) groups excluding carboxylic acids is 1. The molecule has 1 N–H and O–H groups in total. The highest BCUT2D eigenvalue weighted by atomic mass is 35.5. The number of pyridine rings is 1. The molecule has 2 rings (SSSR count). The van der Waals surface area contributed by atoms with Gasteiger partial charge in [-0.25, -0.2) is 0 Å². The van der Waals surface area contributed by atoms with Gasteiger partial charge in [-0.3, -0.25) is 9.78 Å². The number of aromatic nitrogens is 1. The summed E-state index contributed by atoms with van der Waals surface area (Å²) in [6, 6.07) is 9.21. The minimum Gasteiger partial charge on any atom is -0.392 e. The zero-order chi connectivity index (χ0) is 17.0. The molecule has 1 heterocycles. The quantitative estimate of drug-likeness (QED) is 0.909. The molecular formula is C18H21ClN2O2. The minimum absolute atomic E-state index is 0.00344. The van der Waals surface area contributed by atoms with E-state index in [0.29, 0.717) is 17.1 Å².